The van der Waals surface area contributed by atoms with Crippen LogP contribution < -0.4 is 0 Å². The Morgan fingerprint density at radius 3 is 2.44 bits per heavy atom. The van der Waals surface area contributed by atoms with Crippen molar-refractivity contribution in [3.8, 4) is 0 Å². The monoisotopic (exact) mass is 292 g/mol. The van der Waals surface area contributed by atoms with Gasteiger partial charge >= 0.3 is 0 Å². The minimum absolute atomic E-state index is 0.0585. The van der Waals surface area contributed by atoms with Gasteiger partial charge in [-0.25, -0.2) is 0 Å². The minimum atomic E-state index is 0.0585. The van der Waals surface area contributed by atoms with Crippen LogP contribution >= 0.6 is 15.9 Å². The van der Waals surface area contributed by atoms with Gasteiger partial charge in [-0.3, -0.25) is 0 Å². The van der Waals surface area contributed by atoms with Gasteiger partial charge in [-0.2, -0.15) is 0 Å². The lowest BCUT2D eigenvalue weighted by Crippen LogP contribution is -2.41. The second kappa shape index (κ2) is 8.48. The van der Waals surface area contributed by atoms with Crippen LogP contribution in [-0.2, 0) is 9.47 Å². The third kappa shape index (κ3) is 5.15. The molecule has 0 bridgehead atoms. The molecule has 0 aromatic carbocycles. The van der Waals surface area contributed by atoms with Crippen LogP contribution in [0.25, 0.3) is 0 Å². The average Bonchev–Trinajstić information content (AvgIpc) is 2.35. The van der Waals surface area contributed by atoms with Crippen molar-refractivity contribution >= 4 is 15.9 Å². The molecule has 0 aliphatic carbocycles. The van der Waals surface area contributed by atoms with E-state index in [9.17, 15) is 0 Å². The zero-order chi connectivity index (χ0) is 11.7. The Bertz CT molecular complexity index is 167. The Hall–Kier alpha value is 0.400. The molecule has 1 aliphatic rings. The highest BCUT2D eigenvalue weighted by molar-refractivity contribution is 9.09. The van der Waals surface area contributed by atoms with Gasteiger partial charge in [0, 0.05) is 38.0 Å². The standard InChI is InChI=1S/C13H25BrO2/c1-2-3-4-5-6-9-16-13(12-14)7-10-15-11-8-13/h2-12H2,1H3. The normalized spacial score (nSPS) is 19.9. The molecule has 0 N–H and O–H groups in total. The first-order chi connectivity index (χ1) is 7.83. The number of hydrogen-bond donors (Lipinski definition) is 0. The molecule has 0 amide bonds. The van der Waals surface area contributed by atoms with Crippen molar-refractivity contribution in [2.24, 2.45) is 0 Å². The Balaban J connectivity index is 2.08. The topological polar surface area (TPSA) is 18.5 Å². The molecule has 1 saturated heterocycles. The van der Waals surface area contributed by atoms with E-state index >= 15 is 0 Å². The molecule has 96 valence electrons. The number of ether oxygens (including phenoxy) is 2. The Labute approximate surface area is 108 Å². The first-order valence-electron chi connectivity index (χ1n) is 6.61. The van der Waals surface area contributed by atoms with Crippen LogP contribution in [0.4, 0.5) is 0 Å². The van der Waals surface area contributed by atoms with E-state index in [0.717, 1.165) is 38.0 Å². The molecule has 0 unspecified atom stereocenters. The highest BCUT2D eigenvalue weighted by atomic mass is 79.9. The first kappa shape index (κ1) is 14.5. The van der Waals surface area contributed by atoms with Gasteiger partial charge in [0.05, 0.1) is 5.60 Å². The highest BCUT2D eigenvalue weighted by Gasteiger charge is 2.32. The summed E-state index contributed by atoms with van der Waals surface area (Å²) in [6.07, 6.45) is 8.60. The summed E-state index contributed by atoms with van der Waals surface area (Å²) in [7, 11) is 0. The molecule has 3 heteroatoms. The van der Waals surface area contributed by atoms with E-state index in [0.29, 0.717) is 0 Å². The number of halogens is 1. The predicted octanol–water partition coefficient (Wildman–Crippen LogP) is 3.92. The van der Waals surface area contributed by atoms with E-state index in [1.165, 1.54) is 32.1 Å². The van der Waals surface area contributed by atoms with Crippen LogP contribution in [0, 0.1) is 0 Å². The fraction of sp³-hybridized carbons (Fsp3) is 1.00. The molecule has 1 aliphatic heterocycles. The van der Waals surface area contributed by atoms with Crippen molar-refractivity contribution in [2.75, 3.05) is 25.2 Å². The molecule has 2 nitrogen and oxygen atoms in total. The number of hydrogen-bond acceptors (Lipinski definition) is 2. The highest BCUT2D eigenvalue weighted by Crippen LogP contribution is 2.27. The summed E-state index contributed by atoms with van der Waals surface area (Å²) < 4.78 is 11.5. The van der Waals surface area contributed by atoms with Crippen molar-refractivity contribution in [1.29, 1.82) is 0 Å². The maximum atomic E-state index is 6.07. The van der Waals surface area contributed by atoms with E-state index < -0.39 is 0 Å². The molecule has 1 fully saturated rings. The Morgan fingerprint density at radius 1 is 1.12 bits per heavy atom. The van der Waals surface area contributed by atoms with Crippen molar-refractivity contribution < 1.29 is 9.47 Å². The van der Waals surface area contributed by atoms with Crippen LogP contribution in [0.15, 0.2) is 0 Å². The zero-order valence-corrected chi connectivity index (χ0v) is 12.1. The summed E-state index contributed by atoms with van der Waals surface area (Å²) in [5, 5.41) is 0.943. The molecule has 0 atom stereocenters. The summed E-state index contributed by atoms with van der Waals surface area (Å²) in [6.45, 7) is 4.86. The molecule has 0 radical (unpaired) electrons. The quantitative estimate of drug-likeness (QED) is 0.499. The molecule has 0 saturated carbocycles. The summed E-state index contributed by atoms with van der Waals surface area (Å²) in [5.41, 5.74) is 0.0585. The maximum Gasteiger partial charge on any atom is 0.0822 e. The second-order valence-corrected chi connectivity index (χ2v) is 5.25. The molecule has 0 aromatic rings. The van der Waals surface area contributed by atoms with Crippen LogP contribution in [0.3, 0.4) is 0 Å². The molecule has 0 spiro atoms. The fourth-order valence-electron chi connectivity index (χ4n) is 2.05. The summed E-state index contributed by atoms with van der Waals surface area (Å²) in [6, 6.07) is 0. The lowest BCUT2D eigenvalue weighted by molar-refractivity contribution is -0.0959. The summed E-state index contributed by atoms with van der Waals surface area (Å²) in [5.74, 6) is 0. The van der Waals surface area contributed by atoms with Crippen molar-refractivity contribution in [2.45, 2.75) is 57.5 Å². The molecule has 1 rings (SSSR count). The predicted molar refractivity (Wildman–Crippen MR) is 71.3 cm³/mol. The summed E-state index contributed by atoms with van der Waals surface area (Å²) >= 11 is 3.58. The largest absolute Gasteiger partial charge is 0.381 e. The fourth-order valence-corrected chi connectivity index (χ4v) is 2.78. The van der Waals surface area contributed by atoms with Gasteiger partial charge in [0.15, 0.2) is 0 Å². The number of unbranched alkanes of at least 4 members (excludes halogenated alkanes) is 4. The summed E-state index contributed by atoms with van der Waals surface area (Å²) in [4.78, 5) is 0. The number of rotatable bonds is 8. The van der Waals surface area contributed by atoms with Crippen LogP contribution in [0.5, 0.6) is 0 Å². The molecular weight excluding hydrogens is 268 g/mol. The average molecular weight is 293 g/mol. The number of alkyl halides is 1. The van der Waals surface area contributed by atoms with Gasteiger partial charge in [-0.15, -0.1) is 0 Å². The smallest absolute Gasteiger partial charge is 0.0822 e. The minimum Gasteiger partial charge on any atom is -0.381 e. The van der Waals surface area contributed by atoms with Crippen LogP contribution in [0.1, 0.15) is 51.9 Å². The molecule has 16 heavy (non-hydrogen) atoms. The van der Waals surface area contributed by atoms with Crippen molar-refractivity contribution in [3.63, 3.8) is 0 Å². The maximum absolute atomic E-state index is 6.07. The Morgan fingerprint density at radius 2 is 1.81 bits per heavy atom. The van der Waals surface area contributed by atoms with Gasteiger partial charge in [-0.05, 0) is 6.42 Å². The van der Waals surface area contributed by atoms with E-state index in [4.69, 9.17) is 9.47 Å². The molecular formula is C13H25BrO2. The zero-order valence-electron chi connectivity index (χ0n) is 10.5. The van der Waals surface area contributed by atoms with Crippen molar-refractivity contribution in [3.05, 3.63) is 0 Å². The molecule has 1 heterocycles. The first-order valence-corrected chi connectivity index (χ1v) is 7.73. The second-order valence-electron chi connectivity index (χ2n) is 4.69. The van der Waals surface area contributed by atoms with Gasteiger partial charge < -0.3 is 9.47 Å². The van der Waals surface area contributed by atoms with E-state index in [1.54, 1.807) is 0 Å². The lowest BCUT2D eigenvalue weighted by Gasteiger charge is -2.35. The van der Waals surface area contributed by atoms with Gasteiger partial charge in [0.1, 0.15) is 0 Å². The van der Waals surface area contributed by atoms with E-state index in [1.807, 2.05) is 0 Å². The SMILES string of the molecule is CCCCCCCOC1(CBr)CCOCC1. The van der Waals surface area contributed by atoms with Gasteiger partial charge in [-0.1, -0.05) is 48.5 Å². The third-order valence-electron chi connectivity index (χ3n) is 3.30. The van der Waals surface area contributed by atoms with Crippen LogP contribution in [-0.4, -0.2) is 30.8 Å². The van der Waals surface area contributed by atoms with Gasteiger partial charge in [0.2, 0.25) is 0 Å². The van der Waals surface area contributed by atoms with E-state index in [-0.39, 0.29) is 5.60 Å². The lowest BCUT2D eigenvalue weighted by atomic mass is 9.96. The van der Waals surface area contributed by atoms with E-state index in [2.05, 4.69) is 22.9 Å². The van der Waals surface area contributed by atoms with Gasteiger partial charge in [0.25, 0.3) is 0 Å². The molecule has 0 aromatic heterocycles. The Kier molecular flexibility index (Phi) is 7.67. The third-order valence-corrected chi connectivity index (χ3v) is 4.33. The van der Waals surface area contributed by atoms with Crippen molar-refractivity contribution in [1.82, 2.24) is 0 Å². The van der Waals surface area contributed by atoms with Crippen LogP contribution in [0.2, 0.25) is 0 Å².